The Kier molecular flexibility index (Phi) is 3.06. The third-order valence-corrected chi connectivity index (χ3v) is 3.05. The highest BCUT2D eigenvalue weighted by atomic mass is 32.2. The van der Waals surface area contributed by atoms with Gasteiger partial charge in [-0.25, -0.2) is 9.97 Å². The Morgan fingerprint density at radius 3 is 2.24 bits per heavy atom. The predicted molar refractivity (Wildman–Crippen MR) is 70.6 cm³/mol. The zero-order valence-corrected chi connectivity index (χ0v) is 10.2. The van der Waals surface area contributed by atoms with Gasteiger partial charge in [-0.15, -0.1) is 0 Å². The summed E-state index contributed by atoms with van der Waals surface area (Å²) >= 11 is 1.40. The summed E-state index contributed by atoms with van der Waals surface area (Å²) in [4.78, 5) is 9.20. The zero-order valence-electron chi connectivity index (χ0n) is 9.34. The van der Waals surface area contributed by atoms with Crippen LogP contribution in [0.3, 0.4) is 0 Å². The molecule has 88 valence electrons. The van der Waals surface area contributed by atoms with E-state index in [-0.39, 0.29) is 0 Å². The van der Waals surface area contributed by atoms with E-state index in [1.54, 1.807) is 0 Å². The van der Waals surface area contributed by atoms with Crippen molar-refractivity contribution in [1.29, 1.82) is 0 Å². The van der Waals surface area contributed by atoms with E-state index < -0.39 is 0 Å². The van der Waals surface area contributed by atoms with Gasteiger partial charge in [0, 0.05) is 16.6 Å². The Hall–Kier alpha value is -1.95. The quantitative estimate of drug-likeness (QED) is 0.551. The number of aryl methyl sites for hydroxylation is 1. The number of hydrogen-bond acceptors (Lipinski definition) is 6. The van der Waals surface area contributed by atoms with Crippen molar-refractivity contribution < 1.29 is 0 Å². The number of nitrogen functional groups attached to an aromatic ring is 3. The van der Waals surface area contributed by atoms with E-state index in [2.05, 4.69) is 9.97 Å². The van der Waals surface area contributed by atoms with Crippen LogP contribution in [0.1, 0.15) is 5.56 Å². The van der Waals surface area contributed by atoms with Gasteiger partial charge in [0.1, 0.15) is 11.6 Å². The first-order valence-electron chi connectivity index (χ1n) is 4.98. The fourth-order valence-electron chi connectivity index (χ4n) is 1.32. The van der Waals surface area contributed by atoms with Gasteiger partial charge in [-0.1, -0.05) is 0 Å². The second-order valence-corrected chi connectivity index (χ2v) is 4.66. The second-order valence-electron chi connectivity index (χ2n) is 3.62. The lowest BCUT2D eigenvalue weighted by Gasteiger charge is -2.05. The molecule has 1 aromatic heterocycles. The van der Waals surface area contributed by atoms with Gasteiger partial charge in [-0.3, -0.25) is 0 Å². The molecule has 0 amide bonds. The Bertz CT molecular complexity index is 535. The van der Waals surface area contributed by atoms with Crippen molar-refractivity contribution in [3.05, 3.63) is 29.8 Å². The first-order valence-corrected chi connectivity index (χ1v) is 5.80. The van der Waals surface area contributed by atoms with E-state index in [0.29, 0.717) is 16.8 Å². The SMILES string of the molecule is Cc1cc(Sc2nc(N)cc(N)n2)ccc1N. The molecule has 1 heterocycles. The van der Waals surface area contributed by atoms with Crippen molar-refractivity contribution in [2.75, 3.05) is 17.2 Å². The van der Waals surface area contributed by atoms with Crippen molar-refractivity contribution in [1.82, 2.24) is 9.97 Å². The number of aromatic nitrogens is 2. The minimum atomic E-state index is 0.368. The predicted octanol–water partition coefficient (Wildman–Crippen LogP) is 1.68. The van der Waals surface area contributed by atoms with Crippen LogP contribution in [0.25, 0.3) is 0 Å². The minimum Gasteiger partial charge on any atom is -0.399 e. The van der Waals surface area contributed by atoms with E-state index in [9.17, 15) is 0 Å². The van der Waals surface area contributed by atoms with Crippen LogP contribution in [-0.4, -0.2) is 9.97 Å². The third-order valence-electron chi connectivity index (χ3n) is 2.20. The molecule has 5 nitrogen and oxygen atoms in total. The van der Waals surface area contributed by atoms with Crippen LogP contribution < -0.4 is 17.2 Å². The van der Waals surface area contributed by atoms with Crippen molar-refractivity contribution >= 4 is 29.1 Å². The summed E-state index contributed by atoms with van der Waals surface area (Å²) < 4.78 is 0. The van der Waals surface area contributed by atoms with Gasteiger partial charge in [-0.05, 0) is 42.4 Å². The molecule has 0 aliphatic rings. The third kappa shape index (κ3) is 2.79. The normalized spacial score (nSPS) is 10.4. The molecule has 0 radical (unpaired) electrons. The molecule has 0 saturated heterocycles. The molecule has 0 fully saturated rings. The lowest BCUT2D eigenvalue weighted by Crippen LogP contribution is -1.99. The molecule has 17 heavy (non-hydrogen) atoms. The average Bonchev–Trinajstić information content (AvgIpc) is 2.22. The minimum absolute atomic E-state index is 0.368. The van der Waals surface area contributed by atoms with Crippen LogP contribution >= 0.6 is 11.8 Å². The van der Waals surface area contributed by atoms with E-state index in [4.69, 9.17) is 17.2 Å². The summed E-state index contributed by atoms with van der Waals surface area (Å²) in [7, 11) is 0. The maximum absolute atomic E-state index is 5.75. The largest absolute Gasteiger partial charge is 0.399 e. The highest BCUT2D eigenvalue weighted by Crippen LogP contribution is 2.28. The molecule has 0 bridgehead atoms. The summed E-state index contributed by atoms with van der Waals surface area (Å²) in [5, 5.41) is 0.534. The number of nitrogens with zero attached hydrogens (tertiary/aromatic N) is 2. The smallest absolute Gasteiger partial charge is 0.196 e. The van der Waals surface area contributed by atoms with E-state index >= 15 is 0 Å². The maximum Gasteiger partial charge on any atom is 0.196 e. The van der Waals surface area contributed by atoms with Crippen LogP contribution in [0.15, 0.2) is 34.3 Å². The lowest BCUT2D eigenvalue weighted by atomic mass is 10.2. The molecule has 6 heteroatoms. The van der Waals surface area contributed by atoms with Crippen LogP contribution in [0.4, 0.5) is 17.3 Å². The van der Waals surface area contributed by atoms with Gasteiger partial charge in [0.2, 0.25) is 0 Å². The van der Waals surface area contributed by atoms with Crippen molar-refractivity contribution in [2.24, 2.45) is 0 Å². The standard InChI is InChI=1S/C11H13N5S/c1-6-4-7(2-3-8(6)12)17-11-15-9(13)5-10(14)16-11/h2-5H,12H2,1H3,(H4,13,14,15,16). The monoisotopic (exact) mass is 247 g/mol. The highest BCUT2D eigenvalue weighted by molar-refractivity contribution is 7.99. The Morgan fingerprint density at radius 1 is 1.00 bits per heavy atom. The lowest BCUT2D eigenvalue weighted by molar-refractivity contribution is 0.984. The summed E-state index contributed by atoms with van der Waals surface area (Å²) in [5.41, 5.74) is 18.7. The molecule has 1 aromatic carbocycles. The van der Waals surface area contributed by atoms with Gasteiger partial charge < -0.3 is 17.2 Å². The van der Waals surface area contributed by atoms with Gasteiger partial charge >= 0.3 is 0 Å². The number of rotatable bonds is 2. The number of nitrogens with two attached hydrogens (primary N) is 3. The van der Waals surface area contributed by atoms with Gasteiger partial charge in [0.15, 0.2) is 5.16 Å². The first kappa shape index (κ1) is 11.5. The molecule has 0 saturated carbocycles. The summed E-state index contributed by atoms with van der Waals surface area (Å²) in [5.74, 6) is 0.735. The Balaban J connectivity index is 2.28. The van der Waals surface area contributed by atoms with Crippen LogP contribution in [0.5, 0.6) is 0 Å². The molecular formula is C11H13N5S. The summed E-state index contributed by atoms with van der Waals surface area (Å²) in [6.45, 7) is 1.95. The van der Waals surface area contributed by atoms with Gasteiger partial charge in [0.25, 0.3) is 0 Å². The van der Waals surface area contributed by atoms with Crippen LogP contribution in [-0.2, 0) is 0 Å². The van der Waals surface area contributed by atoms with Crippen molar-refractivity contribution in [3.8, 4) is 0 Å². The molecular weight excluding hydrogens is 234 g/mol. The number of anilines is 3. The Labute approximate surface area is 103 Å². The Morgan fingerprint density at radius 2 is 1.65 bits per heavy atom. The summed E-state index contributed by atoms with van der Waals surface area (Å²) in [6.07, 6.45) is 0. The average molecular weight is 247 g/mol. The van der Waals surface area contributed by atoms with Crippen LogP contribution in [0, 0.1) is 6.92 Å². The molecule has 0 aliphatic carbocycles. The number of benzene rings is 1. The molecule has 2 aromatic rings. The van der Waals surface area contributed by atoms with Gasteiger partial charge in [-0.2, -0.15) is 0 Å². The highest BCUT2D eigenvalue weighted by Gasteiger charge is 2.04. The van der Waals surface area contributed by atoms with E-state index in [1.807, 2.05) is 25.1 Å². The fraction of sp³-hybridized carbons (Fsp3) is 0.0909. The van der Waals surface area contributed by atoms with E-state index in [0.717, 1.165) is 16.1 Å². The fourth-order valence-corrected chi connectivity index (χ4v) is 2.21. The molecule has 0 unspecified atom stereocenters. The van der Waals surface area contributed by atoms with Gasteiger partial charge in [0.05, 0.1) is 0 Å². The van der Waals surface area contributed by atoms with E-state index in [1.165, 1.54) is 17.8 Å². The molecule has 0 aliphatic heterocycles. The van der Waals surface area contributed by atoms with Crippen molar-refractivity contribution in [3.63, 3.8) is 0 Å². The molecule has 0 atom stereocenters. The second kappa shape index (κ2) is 4.50. The topological polar surface area (TPSA) is 104 Å². The first-order chi connectivity index (χ1) is 8.04. The maximum atomic E-state index is 5.75. The van der Waals surface area contributed by atoms with Crippen molar-refractivity contribution in [2.45, 2.75) is 17.0 Å². The molecule has 2 rings (SSSR count). The molecule has 0 spiro atoms. The molecule has 6 N–H and O–H groups in total. The summed E-state index contributed by atoms with van der Waals surface area (Å²) in [6, 6.07) is 7.27. The number of hydrogen-bond donors (Lipinski definition) is 3. The zero-order chi connectivity index (χ0) is 12.4. The van der Waals surface area contributed by atoms with Crippen LogP contribution in [0.2, 0.25) is 0 Å².